The van der Waals surface area contributed by atoms with Crippen LogP contribution in [-0.4, -0.2) is 19.2 Å². The number of methoxy groups -OCH3 is 2. The molecule has 3 rings (SSSR count). The molecular formula is C18H17N3O4. The monoisotopic (exact) mass is 339 g/mol. The minimum Gasteiger partial charge on any atom is -0.497 e. The van der Waals surface area contributed by atoms with Crippen molar-refractivity contribution in [2.45, 2.75) is 12.8 Å². The summed E-state index contributed by atoms with van der Waals surface area (Å²) >= 11 is 0. The van der Waals surface area contributed by atoms with Gasteiger partial charge >= 0.3 is 0 Å². The maximum absolute atomic E-state index is 12.6. The van der Waals surface area contributed by atoms with Crippen LogP contribution in [0.4, 0.5) is 0 Å². The highest BCUT2D eigenvalue weighted by Gasteiger charge is 2.35. The van der Waals surface area contributed by atoms with E-state index in [0.717, 1.165) is 0 Å². The van der Waals surface area contributed by atoms with Crippen LogP contribution in [0.3, 0.4) is 0 Å². The number of ether oxygens (including phenoxy) is 3. The van der Waals surface area contributed by atoms with Crippen molar-refractivity contribution in [1.82, 2.24) is 4.98 Å². The Kier molecular flexibility index (Phi) is 4.11. The average molecular weight is 339 g/mol. The predicted octanol–water partition coefficient (Wildman–Crippen LogP) is 1.92. The molecule has 0 aliphatic carbocycles. The van der Waals surface area contributed by atoms with Gasteiger partial charge in [0.1, 0.15) is 28.9 Å². The number of nitrogens with zero attached hydrogens (tertiary/aromatic N) is 1. The van der Waals surface area contributed by atoms with Gasteiger partial charge in [0.15, 0.2) is 0 Å². The fourth-order valence-corrected chi connectivity index (χ4v) is 2.97. The number of benzene rings is 1. The molecular weight excluding hydrogens is 322 g/mol. The average Bonchev–Trinajstić information content (AvgIpc) is 2.59. The number of aromatic nitrogens is 1. The molecule has 2 aromatic rings. The van der Waals surface area contributed by atoms with E-state index < -0.39 is 5.92 Å². The lowest BCUT2D eigenvalue weighted by atomic mass is 9.83. The quantitative estimate of drug-likeness (QED) is 0.884. The number of H-pyrrole nitrogens is 1. The molecule has 0 saturated heterocycles. The van der Waals surface area contributed by atoms with Crippen molar-refractivity contribution in [3.8, 4) is 23.3 Å². The molecule has 7 nitrogen and oxygen atoms in total. The van der Waals surface area contributed by atoms with Gasteiger partial charge < -0.3 is 24.9 Å². The van der Waals surface area contributed by atoms with E-state index in [1.807, 2.05) is 0 Å². The van der Waals surface area contributed by atoms with Crippen molar-refractivity contribution in [2.24, 2.45) is 5.73 Å². The molecule has 0 radical (unpaired) electrons. The number of fused-ring (bicyclic) bond motifs is 1. The van der Waals surface area contributed by atoms with Gasteiger partial charge in [-0.05, 0) is 13.0 Å². The van der Waals surface area contributed by atoms with Crippen molar-refractivity contribution in [3.63, 3.8) is 0 Å². The fraction of sp³-hybridized carbons (Fsp3) is 0.222. The van der Waals surface area contributed by atoms with Crippen LogP contribution in [0.25, 0.3) is 0 Å². The first-order valence-electron chi connectivity index (χ1n) is 7.53. The van der Waals surface area contributed by atoms with Crippen molar-refractivity contribution >= 4 is 0 Å². The molecule has 0 saturated carbocycles. The summed E-state index contributed by atoms with van der Waals surface area (Å²) in [4.78, 5) is 15.3. The fourth-order valence-electron chi connectivity index (χ4n) is 2.97. The molecule has 0 fully saturated rings. The molecule has 1 aromatic heterocycles. The van der Waals surface area contributed by atoms with Crippen LogP contribution in [0.15, 0.2) is 40.5 Å². The maximum atomic E-state index is 12.6. The Morgan fingerprint density at radius 1 is 1.28 bits per heavy atom. The van der Waals surface area contributed by atoms with Crippen LogP contribution in [0, 0.1) is 18.3 Å². The first-order chi connectivity index (χ1) is 12.0. The van der Waals surface area contributed by atoms with E-state index in [0.29, 0.717) is 34.1 Å². The van der Waals surface area contributed by atoms with Gasteiger partial charge in [0.05, 0.1) is 25.7 Å². The number of aromatic amines is 1. The van der Waals surface area contributed by atoms with Gasteiger partial charge in [-0.2, -0.15) is 5.26 Å². The smallest absolute Gasteiger partial charge is 0.256 e. The normalized spacial score (nSPS) is 15.8. The summed E-state index contributed by atoms with van der Waals surface area (Å²) < 4.78 is 16.2. The molecule has 7 heteroatoms. The first-order valence-corrected chi connectivity index (χ1v) is 7.53. The lowest BCUT2D eigenvalue weighted by Gasteiger charge is -2.27. The van der Waals surface area contributed by atoms with Crippen LogP contribution in [0.2, 0.25) is 0 Å². The Balaban J connectivity index is 2.32. The molecule has 0 amide bonds. The molecule has 0 bridgehead atoms. The highest BCUT2D eigenvalue weighted by molar-refractivity contribution is 5.58. The zero-order valence-corrected chi connectivity index (χ0v) is 14.0. The maximum Gasteiger partial charge on any atom is 0.256 e. The predicted molar refractivity (Wildman–Crippen MR) is 90.6 cm³/mol. The number of pyridine rings is 1. The molecule has 0 unspecified atom stereocenters. The van der Waals surface area contributed by atoms with Gasteiger partial charge in [0, 0.05) is 23.4 Å². The molecule has 3 N–H and O–H groups in total. The molecule has 0 spiro atoms. The molecule has 1 atom stereocenters. The van der Waals surface area contributed by atoms with Crippen molar-refractivity contribution in [2.75, 3.05) is 14.2 Å². The van der Waals surface area contributed by atoms with E-state index in [-0.39, 0.29) is 17.0 Å². The van der Waals surface area contributed by atoms with Gasteiger partial charge in [-0.3, -0.25) is 4.79 Å². The van der Waals surface area contributed by atoms with Crippen LogP contribution in [-0.2, 0) is 0 Å². The van der Waals surface area contributed by atoms with Crippen molar-refractivity contribution in [1.29, 1.82) is 5.26 Å². The van der Waals surface area contributed by atoms with E-state index in [2.05, 4.69) is 11.1 Å². The first kappa shape index (κ1) is 16.5. The third-order valence-electron chi connectivity index (χ3n) is 4.10. The number of hydrogen-bond acceptors (Lipinski definition) is 6. The molecule has 128 valence electrons. The van der Waals surface area contributed by atoms with Crippen LogP contribution >= 0.6 is 0 Å². The van der Waals surface area contributed by atoms with E-state index in [9.17, 15) is 10.1 Å². The lowest BCUT2D eigenvalue weighted by Crippen LogP contribution is -2.28. The second kappa shape index (κ2) is 6.24. The van der Waals surface area contributed by atoms with Gasteiger partial charge in [-0.15, -0.1) is 0 Å². The molecule has 1 aliphatic rings. The minimum absolute atomic E-state index is 0.0251. The van der Waals surface area contributed by atoms with E-state index in [4.69, 9.17) is 19.9 Å². The Labute approximate surface area is 144 Å². The number of aryl methyl sites for hydroxylation is 1. The molecule has 1 aliphatic heterocycles. The largest absolute Gasteiger partial charge is 0.497 e. The van der Waals surface area contributed by atoms with Crippen molar-refractivity contribution in [3.05, 3.63) is 62.9 Å². The Morgan fingerprint density at radius 2 is 2.04 bits per heavy atom. The minimum atomic E-state index is -0.695. The van der Waals surface area contributed by atoms with Crippen LogP contribution in [0.1, 0.15) is 22.7 Å². The zero-order chi connectivity index (χ0) is 18.1. The summed E-state index contributed by atoms with van der Waals surface area (Å²) in [7, 11) is 3.06. The van der Waals surface area contributed by atoms with E-state index in [1.165, 1.54) is 7.11 Å². The Morgan fingerprint density at radius 3 is 2.68 bits per heavy atom. The van der Waals surface area contributed by atoms with Gasteiger partial charge in [-0.25, -0.2) is 0 Å². The summed E-state index contributed by atoms with van der Waals surface area (Å²) in [5.74, 6) is 0.696. The zero-order valence-electron chi connectivity index (χ0n) is 14.0. The summed E-state index contributed by atoms with van der Waals surface area (Å²) in [6, 6.07) is 8.92. The standard InChI is InChI=1S/C18H17N3O4/c1-9-6-14-16(18(22)21-9)15(12(8-19)17(20)25-14)11-5-4-10(23-2)7-13(11)24-3/h4-7,15H,20H2,1-3H3,(H,21,22)/t15-/m0/s1. The second-order valence-electron chi connectivity index (χ2n) is 5.59. The third-order valence-corrected chi connectivity index (χ3v) is 4.10. The highest BCUT2D eigenvalue weighted by atomic mass is 16.5. The number of nitriles is 1. The van der Waals surface area contributed by atoms with Crippen LogP contribution in [0.5, 0.6) is 17.2 Å². The van der Waals surface area contributed by atoms with E-state index >= 15 is 0 Å². The summed E-state index contributed by atoms with van der Waals surface area (Å²) in [6.07, 6.45) is 0. The second-order valence-corrected chi connectivity index (χ2v) is 5.59. The van der Waals surface area contributed by atoms with Gasteiger partial charge in [0.2, 0.25) is 5.88 Å². The number of nitrogens with one attached hydrogen (secondary N) is 1. The Hall–Kier alpha value is -3.40. The molecule has 1 aromatic carbocycles. The number of rotatable bonds is 3. The molecule has 25 heavy (non-hydrogen) atoms. The topological polar surface area (TPSA) is 110 Å². The summed E-state index contributed by atoms with van der Waals surface area (Å²) in [5.41, 5.74) is 7.34. The molecule has 2 heterocycles. The number of nitrogens with two attached hydrogens (primary N) is 1. The van der Waals surface area contributed by atoms with Gasteiger partial charge in [-0.1, -0.05) is 6.07 Å². The highest BCUT2D eigenvalue weighted by Crippen LogP contribution is 2.44. The lowest BCUT2D eigenvalue weighted by molar-refractivity contribution is 0.380. The Bertz CT molecular complexity index is 969. The van der Waals surface area contributed by atoms with Crippen molar-refractivity contribution < 1.29 is 14.2 Å². The van der Waals surface area contributed by atoms with Crippen LogP contribution < -0.4 is 25.5 Å². The number of allylic oxidation sites excluding steroid dienone is 1. The number of hydrogen-bond donors (Lipinski definition) is 2. The third kappa shape index (κ3) is 2.68. The van der Waals surface area contributed by atoms with Gasteiger partial charge in [0.25, 0.3) is 5.56 Å². The van der Waals surface area contributed by atoms with E-state index in [1.54, 1.807) is 38.3 Å². The summed E-state index contributed by atoms with van der Waals surface area (Å²) in [5, 5.41) is 9.58. The SMILES string of the molecule is COc1ccc([C@H]2C(C#N)=C(N)Oc3cc(C)[nH]c(=O)c32)c(OC)c1. The summed E-state index contributed by atoms with van der Waals surface area (Å²) in [6.45, 7) is 1.74.